The third-order valence-electron chi connectivity index (χ3n) is 5.12. The van der Waals surface area contributed by atoms with Crippen LogP contribution in [-0.2, 0) is 4.79 Å². The molecule has 0 bridgehead atoms. The summed E-state index contributed by atoms with van der Waals surface area (Å²) < 4.78 is 16.6. The monoisotopic (exact) mass is 432 g/mol. The van der Waals surface area contributed by atoms with Crippen LogP contribution >= 0.6 is 0 Å². The predicted octanol–water partition coefficient (Wildman–Crippen LogP) is 4.06. The quantitative estimate of drug-likeness (QED) is 0.609. The van der Waals surface area contributed by atoms with Crippen molar-refractivity contribution in [3.63, 3.8) is 0 Å². The highest BCUT2D eigenvalue weighted by molar-refractivity contribution is 6.07. The number of hydrogen-bond donors (Lipinski definition) is 1. The van der Waals surface area contributed by atoms with E-state index in [-0.39, 0.29) is 18.4 Å². The maximum absolute atomic E-state index is 12.7. The van der Waals surface area contributed by atoms with E-state index >= 15 is 0 Å². The fourth-order valence-electron chi connectivity index (χ4n) is 3.44. The predicted molar refractivity (Wildman–Crippen MR) is 122 cm³/mol. The SMILES string of the molecule is COc1ccccc1C(=O)Nc1ccc2c(c1)N(CCOc1ccc(C)cc1)C(=O)CO2. The molecule has 4 rings (SSSR count). The second-order valence-corrected chi connectivity index (χ2v) is 7.33. The number of carbonyl (C=O) groups is 2. The Morgan fingerprint density at radius 3 is 2.66 bits per heavy atom. The summed E-state index contributed by atoms with van der Waals surface area (Å²) in [5.41, 5.74) is 2.70. The molecule has 7 heteroatoms. The van der Waals surface area contributed by atoms with Crippen LogP contribution in [0, 0.1) is 6.92 Å². The van der Waals surface area contributed by atoms with E-state index in [1.54, 1.807) is 47.4 Å². The first-order chi connectivity index (χ1) is 15.5. The number of carbonyl (C=O) groups excluding carboxylic acids is 2. The molecule has 0 saturated heterocycles. The summed E-state index contributed by atoms with van der Waals surface area (Å²) in [5.74, 6) is 1.33. The van der Waals surface area contributed by atoms with Gasteiger partial charge in [-0.2, -0.15) is 0 Å². The molecule has 1 heterocycles. The van der Waals surface area contributed by atoms with Gasteiger partial charge in [0, 0.05) is 5.69 Å². The summed E-state index contributed by atoms with van der Waals surface area (Å²) in [4.78, 5) is 26.9. The van der Waals surface area contributed by atoms with E-state index in [2.05, 4.69) is 5.32 Å². The van der Waals surface area contributed by atoms with Crippen molar-refractivity contribution in [2.45, 2.75) is 6.92 Å². The van der Waals surface area contributed by atoms with E-state index in [4.69, 9.17) is 14.2 Å². The van der Waals surface area contributed by atoms with Crippen molar-refractivity contribution >= 4 is 23.2 Å². The Balaban J connectivity index is 1.49. The Kier molecular flexibility index (Phi) is 6.26. The number of ether oxygens (including phenoxy) is 3. The molecule has 3 aromatic carbocycles. The highest BCUT2D eigenvalue weighted by Crippen LogP contribution is 2.35. The van der Waals surface area contributed by atoms with Crippen molar-refractivity contribution < 1.29 is 23.8 Å². The molecule has 1 N–H and O–H groups in total. The zero-order valence-electron chi connectivity index (χ0n) is 18.0. The fraction of sp³-hybridized carbons (Fsp3) is 0.200. The number of fused-ring (bicyclic) bond motifs is 1. The zero-order chi connectivity index (χ0) is 22.5. The van der Waals surface area contributed by atoms with Gasteiger partial charge in [-0.05, 0) is 49.4 Å². The van der Waals surface area contributed by atoms with Gasteiger partial charge in [0.05, 0.1) is 24.9 Å². The van der Waals surface area contributed by atoms with E-state index in [1.165, 1.54) is 7.11 Å². The second kappa shape index (κ2) is 9.43. The number of anilines is 2. The highest BCUT2D eigenvalue weighted by atomic mass is 16.5. The molecule has 32 heavy (non-hydrogen) atoms. The van der Waals surface area contributed by atoms with Crippen molar-refractivity contribution in [1.82, 2.24) is 0 Å². The number of nitrogens with zero attached hydrogens (tertiary/aromatic N) is 1. The fourth-order valence-corrected chi connectivity index (χ4v) is 3.44. The Morgan fingerprint density at radius 1 is 1.09 bits per heavy atom. The van der Waals surface area contributed by atoms with Crippen LogP contribution in [0.5, 0.6) is 17.2 Å². The highest BCUT2D eigenvalue weighted by Gasteiger charge is 2.26. The van der Waals surface area contributed by atoms with Gasteiger partial charge in [0.25, 0.3) is 11.8 Å². The number of nitrogens with one attached hydrogen (secondary N) is 1. The van der Waals surface area contributed by atoms with Crippen LogP contribution < -0.4 is 24.4 Å². The molecular formula is C25H24N2O5. The number of para-hydroxylation sites is 1. The number of rotatable bonds is 7. The average molecular weight is 432 g/mol. The summed E-state index contributed by atoms with van der Waals surface area (Å²) in [6, 6.07) is 19.9. The third-order valence-corrected chi connectivity index (χ3v) is 5.12. The van der Waals surface area contributed by atoms with Gasteiger partial charge >= 0.3 is 0 Å². The van der Waals surface area contributed by atoms with Gasteiger partial charge in [-0.3, -0.25) is 9.59 Å². The minimum atomic E-state index is -0.306. The second-order valence-electron chi connectivity index (χ2n) is 7.33. The lowest BCUT2D eigenvalue weighted by molar-refractivity contribution is -0.121. The first kappa shape index (κ1) is 21.2. The lowest BCUT2D eigenvalue weighted by Gasteiger charge is -2.29. The van der Waals surface area contributed by atoms with E-state index in [9.17, 15) is 9.59 Å². The maximum Gasteiger partial charge on any atom is 0.265 e. The largest absolute Gasteiger partial charge is 0.496 e. The summed E-state index contributed by atoms with van der Waals surface area (Å²) in [6.07, 6.45) is 0. The molecule has 0 aliphatic carbocycles. The smallest absolute Gasteiger partial charge is 0.265 e. The van der Waals surface area contributed by atoms with Crippen molar-refractivity contribution in [3.05, 3.63) is 77.9 Å². The van der Waals surface area contributed by atoms with Crippen molar-refractivity contribution in [2.24, 2.45) is 0 Å². The van der Waals surface area contributed by atoms with Gasteiger partial charge in [-0.25, -0.2) is 0 Å². The van der Waals surface area contributed by atoms with Crippen LogP contribution in [0.4, 0.5) is 11.4 Å². The van der Waals surface area contributed by atoms with Crippen LogP contribution in [0.3, 0.4) is 0 Å². The van der Waals surface area contributed by atoms with Crippen LogP contribution in [0.1, 0.15) is 15.9 Å². The molecule has 0 radical (unpaired) electrons. The van der Waals surface area contributed by atoms with Crippen molar-refractivity contribution in [3.8, 4) is 17.2 Å². The first-order valence-corrected chi connectivity index (χ1v) is 10.3. The summed E-state index contributed by atoms with van der Waals surface area (Å²) in [5, 5.41) is 2.86. The van der Waals surface area contributed by atoms with E-state index < -0.39 is 0 Å². The molecule has 1 aliphatic rings. The van der Waals surface area contributed by atoms with Gasteiger partial charge in [0.1, 0.15) is 23.9 Å². The molecule has 0 saturated carbocycles. The molecule has 164 valence electrons. The molecule has 0 aromatic heterocycles. The first-order valence-electron chi connectivity index (χ1n) is 10.3. The van der Waals surface area contributed by atoms with Crippen molar-refractivity contribution in [1.29, 1.82) is 0 Å². The lowest BCUT2D eigenvalue weighted by atomic mass is 10.1. The maximum atomic E-state index is 12.7. The summed E-state index contributed by atoms with van der Waals surface area (Å²) in [6.45, 7) is 2.65. The standard InChI is InChI=1S/C25H24N2O5/c1-17-7-10-19(11-8-17)31-14-13-27-21-15-18(9-12-23(21)32-16-24(27)28)26-25(29)20-5-3-4-6-22(20)30-2/h3-12,15H,13-14,16H2,1-2H3,(H,26,29). The van der Waals surface area contributed by atoms with E-state index in [1.807, 2.05) is 31.2 Å². The Bertz CT molecular complexity index is 1130. The number of amides is 2. The molecular weight excluding hydrogens is 408 g/mol. The average Bonchev–Trinajstić information content (AvgIpc) is 2.81. The Hall–Kier alpha value is -4.00. The Labute approximate surface area is 186 Å². The molecule has 0 atom stereocenters. The van der Waals surface area contributed by atoms with E-state index in [0.29, 0.717) is 41.6 Å². The van der Waals surface area contributed by atoms with Gasteiger partial charge < -0.3 is 24.4 Å². The Morgan fingerprint density at radius 2 is 1.88 bits per heavy atom. The van der Waals surface area contributed by atoms with Gasteiger partial charge in [-0.15, -0.1) is 0 Å². The van der Waals surface area contributed by atoms with Crippen molar-refractivity contribution in [2.75, 3.05) is 37.1 Å². The normalized spacial score (nSPS) is 12.6. The van der Waals surface area contributed by atoms with E-state index in [0.717, 1.165) is 11.3 Å². The minimum absolute atomic E-state index is 0.0373. The van der Waals surface area contributed by atoms with Crippen LogP contribution in [0.2, 0.25) is 0 Å². The van der Waals surface area contributed by atoms with Gasteiger partial charge in [0.2, 0.25) is 0 Å². The molecule has 1 aliphatic heterocycles. The number of hydrogen-bond acceptors (Lipinski definition) is 5. The minimum Gasteiger partial charge on any atom is -0.496 e. The molecule has 0 fully saturated rings. The molecule has 0 unspecified atom stereocenters. The molecule has 3 aromatic rings. The van der Waals surface area contributed by atoms with Crippen LogP contribution in [0.15, 0.2) is 66.7 Å². The van der Waals surface area contributed by atoms with Gasteiger partial charge in [0.15, 0.2) is 6.61 Å². The molecule has 2 amide bonds. The zero-order valence-corrected chi connectivity index (χ0v) is 18.0. The third kappa shape index (κ3) is 4.67. The van der Waals surface area contributed by atoms with Gasteiger partial charge in [-0.1, -0.05) is 29.8 Å². The summed E-state index contributed by atoms with van der Waals surface area (Å²) >= 11 is 0. The molecule has 7 nitrogen and oxygen atoms in total. The number of methoxy groups -OCH3 is 1. The number of aryl methyl sites for hydroxylation is 1. The molecule has 0 spiro atoms. The lowest BCUT2D eigenvalue weighted by Crippen LogP contribution is -2.41. The number of benzene rings is 3. The van der Waals surface area contributed by atoms with Crippen LogP contribution in [0.25, 0.3) is 0 Å². The topological polar surface area (TPSA) is 77.1 Å². The summed E-state index contributed by atoms with van der Waals surface area (Å²) in [7, 11) is 1.52. The van der Waals surface area contributed by atoms with Crippen LogP contribution in [-0.4, -0.2) is 38.7 Å².